The van der Waals surface area contributed by atoms with Crippen LogP contribution in [0.5, 0.6) is 0 Å². The van der Waals surface area contributed by atoms with Crippen LogP contribution in [0.3, 0.4) is 0 Å². The van der Waals surface area contributed by atoms with Crippen LogP contribution in [0.4, 0.5) is 8.78 Å². The molecule has 3 atom stereocenters. The molecule has 2 amide bonds. The van der Waals surface area contributed by atoms with Crippen molar-refractivity contribution in [2.45, 2.75) is 84.3 Å². The summed E-state index contributed by atoms with van der Waals surface area (Å²) in [6, 6.07) is 31.0. The van der Waals surface area contributed by atoms with Gasteiger partial charge in [0.25, 0.3) is 0 Å². The average molecular weight is 836 g/mol. The summed E-state index contributed by atoms with van der Waals surface area (Å²) in [5.41, 5.74) is 10.1. The van der Waals surface area contributed by atoms with Crippen molar-refractivity contribution in [3.63, 3.8) is 0 Å². The molecule has 0 aliphatic heterocycles. The van der Waals surface area contributed by atoms with Crippen LogP contribution in [0, 0.1) is 17.0 Å². The molecule has 0 aliphatic carbocycles. The summed E-state index contributed by atoms with van der Waals surface area (Å²) < 4.78 is 42.0. The number of benzene rings is 4. The molecule has 0 fully saturated rings. The van der Waals surface area contributed by atoms with Crippen LogP contribution in [0.1, 0.15) is 74.9 Å². The van der Waals surface area contributed by atoms with E-state index in [1.54, 1.807) is 12.1 Å². The third-order valence-electron chi connectivity index (χ3n) is 10.0. The molecule has 11 nitrogen and oxygen atoms in total. The molecule has 1 heterocycles. The van der Waals surface area contributed by atoms with Gasteiger partial charge in [0.2, 0.25) is 11.8 Å². The second-order valence-corrected chi connectivity index (χ2v) is 16.0. The van der Waals surface area contributed by atoms with Gasteiger partial charge in [0.05, 0.1) is 12.1 Å². The van der Waals surface area contributed by atoms with E-state index in [-0.39, 0.29) is 62.5 Å². The van der Waals surface area contributed by atoms with E-state index in [4.69, 9.17) is 15.2 Å². The smallest absolute Gasteiger partial charge is 0.328 e. The number of rotatable bonds is 21. The van der Waals surface area contributed by atoms with Gasteiger partial charge in [0.1, 0.15) is 30.9 Å². The Bertz CT molecular complexity index is 2190. The van der Waals surface area contributed by atoms with Crippen LogP contribution < -0.4 is 21.7 Å². The van der Waals surface area contributed by atoms with Gasteiger partial charge in [0, 0.05) is 48.9 Å². The summed E-state index contributed by atoms with van der Waals surface area (Å²) in [7, 11) is 0. The van der Waals surface area contributed by atoms with E-state index in [0.717, 1.165) is 34.5 Å². The number of nitrogens with two attached hydrogens (primary N) is 1. The van der Waals surface area contributed by atoms with Crippen molar-refractivity contribution in [3.8, 4) is 11.1 Å². The van der Waals surface area contributed by atoms with E-state index in [0.29, 0.717) is 18.7 Å². The van der Waals surface area contributed by atoms with E-state index < -0.39 is 47.5 Å². The van der Waals surface area contributed by atoms with Crippen LogP contribution in [-0.4, -0.2) is 53.5 Å². The number of esters is 2. The molecule has 1 aromatic heterocycles. The topological polar surface area (TPSA) is 154 Å². The zero-order valence-corrected chi connectivity index (χ0v) is 34.9. The lowest BCUT2D eigenvalue weighted by molar-refractivity contribution is -0.150. The Morgan fingerprint density at radius 2 is 1.34 bits per heavy atom. The molecule has 13 heteroatoms. The van der Waals surface area contributed by atoms with Crippen molar-refractivity contribution in [2.24, 2.45) is 11.1 Å². The third kappa shape index (κ3) is 14.5. The van der Waals surface area contributed by atoms with Gasteiger partial charge in [-0.25, -0.2) is 13.6 Å². The number of ether oxygens (including phenoxy) is 2. The molecule has 0 spiro atoms. The first-order chi connectivity index (χ1) is 29.3. The number of aromatic nitrogens is 1. The Labute approximate surface area is 356 Å². The fourth-order valence-corrected chi connectivity index (χ4v) is 6.77. The third-order valence-corrected chi connectivity index (χ3v) is 10.0. The number of carbonyl (C=O) groups is 4. The number of nitrogens with zero attached hydrogens (tertiary/aromatic N) is 1. The molecule has 0 unspecified atom stereocenters. The number of amides is 2. The first-order valence-electron chi connectivity index (χ1n) is 20.4. The first kappa shape index (κ1) is 45.9. The molecule has 5 rings (SSSR count). The van der Waals surface area contributed by atoms with Gasteiger partial charge in [-0.15, -0.1) is 0 Å². The Hall–Kier alpha value is -6.18. The van der Waals surface area contributed by atoms with E-state index >= 15 is 0 Å². The SMILES string of the molecule is CC(C)(C)[C@@H](NCC[C@H](N)C(=O)NCCC(=O)N[C@@H](CCC(=O)OCc1ccccc1)C(=O)OCc1ccccc1)c1cc(-c2cc(F)ccc2F)cn1Cc1ccccc1. The predicted octanol–water partition coefficient (Wildman–Crippen LogP) is 7.13. The minimum absolute atomic E-state index is 0.0137. The summed E-state index contributed by atoms with van der Waals surface area (Å²) in [5, 5.41) is 8.90. The van der Waals surface area contributed by atoms with Gasteiger partial charge in [-0.05, 0) is 65.8 Å². The molecule has 0 bridgehead atoms. The van der Waals surface area contributed by atoms with Crippen molar-refractivity contribution < 1.29 is 37.4 Å². The normalized spacial score (nSPS) is 12.8. The average Bonchev–Trinajstić information content (AvgIpc) is 3.65. The zero-order valence-electron chi connectivity index (χ0n) is 34.9. The highest BCUT2D eigenvalue weighted by molar-refractivity contribution is 5.86. The Balaban J connectivity index is 1.14. The molecule has 322 valence electrons. The van der Waals surface area contributed by atoms with Crippen LogP contribution in [0.2, 0.25) is 0 Å². The molecule has 0 radical (unpaired) electrons. The number of carbonyl (C=O) groups excluding carboxylic acids is 4. The highest BCUT2D eigenvalue weighted by Gasteiger charge is 2.30. The summed E-state index contributed by atoms with van der Waals surface area (Å²) in [6.45, 7) is 7.05. The highest BCUT2D eigenvalue weighted by atomic mass is 19.1. The molecule has 0 aliphatic rings. The van der Waals surface area contributed by atoms with Gasteiger partial charge in [0.15, 0.2) is 0 Å². The second-order valence-electron chi connectivity index (χ2n) is 16.0. The van der Waals surface area contributed by atoms with Crippen molar-refractivity contribution in [1.82, 2.24) is 20.5 Å². The molecular formula is C48H55F2N5O6. The van der Waals surface area contributed by atoms with Gasteiger partial charge in [-0.3, -0.25) is 14.4 Å². The maximum atomic E-state index is 15.0. The van der Waals surface area contributed by atoms with E-state index in [9.17, 15) is 28.0 Å². The van der Waals surface area contributed by atoms with Gasteiger partial charge < -0.3 is 35.7 Å². The Morgan fingerprint density at radius 3 is 1.97 bits per heavy atom. The summed E-state index contributed by atoms with van der Waals surface area (Å²) >= 11 is 0. The molecule has 0 saturated carbocycles. The van der Waals surface area contributed by atoms with E-state index in [1.807, 2.05) is 95.7 Å². The van der Waals surface area contributed by atoms with Gasteiger partial charge in [-0.2, -0.15) is 0 Å². The van der Waals surface area contributed by atoms with Crippen LogP contribution in [-0.2, 0) is 48.4 Å². The molecule has 0 saturated heterocycles. The summed E-state index contributed by atoms with van der Waals surface area (Å²) in [6.07, 6.45) is 1.74. The van der Waals surface area contributed by atoms with E-state index in [2.05, 4.69) is 36.7 Å². The van der Waals surface area contributed by atoms with Crippen molar-refractivity contribution in [2.75, 3.05) is 13.1 Å². The molecular weight excluding hydrogens is 781 g/mol. The minimum atomic E-state index is -1.13. The fourth-order valence-electron chi connectivity index (χ4n) is 6.77. The number of nitrogens with one attached hydrogen (secondary N) is 3. The second kappa shape index (κ2) is 22.4. The van der Waals surface area contributed by atoms with Crippen molar-refractivity contribution >= 4 is 23.8 Å². The lowest BCUT2D eigenvalue weighted by atomic mass is 9.84. The van der Waals surface area contributed by atoms with Gasteiger partial charge >= 0.3 is 11.9 Å². The van der Waals surface area contributed by atoms with Crippen molar-refractivity contribution in [3.05, 3.63) is 155 Å². The van der Waals surface area contributed by atoms with Crippen LogP contribution >= 0.6 is 0 Å². The van der Waals surface area contributed by atoms with E-state index in [1.165, 1.54) is 6.07 Å². The maximum Gasteiger partial charge on any atom is 0.328 e. The first-order valence-corrected chi connectivity index (χ1v) is 20.4. The lowest BCUT2D eigenvalue weighted by Crippen LogP contribution is -2.46. The standard InChI is InChI=1S/C48H55F2N5O6/c1-48(2,3)45(42-27-36(38-28-37(49)19-20-39(38)50)30-55(42)29-33-13-7-4-8-14-33)52-25-23-40(51)46(58)53-26-24-43(56)54-41(47(59)61-32-35-17-11-6-12-18-35)21-22-44(57)60-31-34-15-9-5-10-16-34/h4-20,27-28,30,40-41,45,52H,21-26,29,31-32,51H2,1-3H3,(H,53,58)(H,54,56)/t40-,41-,45-/m0/s1. The lowest BCUT2D eigenvalue weighted by Gasteiger charge is -2.33. The predicted molar refractivity (Wildman–Crippen MR) is 229 cm³/mol. The quantitative estimate of drug-likeness (QED) is 0.0570. The molecule has 5 N–H and O–H groups in total. The monoisotopic (exact) mass is 835 g/mol. The fraction of sp³-hybridized carbons (Fsp3) is 0.333. The number of halogens is 2. The van der Waals surface area contributed by atoms with Crippen LogP contribution in [0.15, 0.2) is 121 Å². The molecule has 4 aromatic carbocycles. The summed E-state index contributed by atoms with van der Waals surface area (Å²) in [4.78, 5) is 51.7. The highest BCUT2D eigenvalue weighted by Crippen LogP contribution is 2.37. The van der Waals surface area contributed by atoms with Gasteiger partial charge in [-0.1, -0.05) is 112 Å². The Morgan fingerprint density at radius 1 is 0.738 bits per heavy atom. The van der Waals surface area contributed by atoms with Crippen LogP contribution in [0.25, 0.3) is 11.1 Å². The number of hydrogen-bond acceptors (Lipinski definition) is 8. The number of hydrogen-bond donors (Lipinski definition) is 4. The summed E-state index contributed by atoms with van der Waals surface area (Å²) in [5.74, 6) is -3.29. The minimum Gasteiger partial charge on any atom is -0.461 e. The molecule has 5 aromatic rings. The maximum absolute atomic E-state index is 15.0. The molecule has 61 heavy (non-hydrogen) atoms. The Kier molecular flexibility index (Phi) is 16.9. The zero-order chi connectivity index (χ0) is 43.8. The van der Waals surface area contributed by atoms with Crippen molar-refractivity contribution in [1.29, 1.82) is 0 Å². The largest absolute Gasteiger partial charge is 0.461 e.